The SMILES string of the molecule is COc1cc([C@H]2CC(=O)Nc3ncnn32)cc(Cl)c1OCc1ccccc1F. The summed E-state index contributed by atoms with van der Waals surface area (Å²) in [5.41, 5.74) is 1.13. The van der Waals surface area contributed by atoms with Crippen LogP contribution in [0.5, 0.6) is 11.5 Å². The molecular weight excluding hydrogens is 387 g/mol. The molecule has 28 heavy (non-hydrogen) atoms. The number of amides is 1. The highest BCUT2D eigenvalue weighted by atomic mass is 35.5. The molecule has 0 saturated heterocycles. The van der Waals surface area contributed by atoms with Crippen molar-refractivity contribution in [2.45, 2.75) is 19.1 Å². The van der Waals surface area contributed by atoms with Crippen molar-refractivity contribution in [1.29, 1.82) is 0 Å². The van der Waals surface area contributed by atoms with Crippen LogP contribution in [0.4, 0.5) is 10.3 Å². The fourth-order valence-corrected chi connectivity index (χ4v) is 3.38. The largest absolute Gasteiger partial charge is 0.493 e. The molecule has 0 unspecified atom stereocenters. The molecular formula is C19H16ClFN4O3. The molecule has 0 radical (unpaired) electrons. The highest BCUT2D eigenvalue weighted by molar-refractivity contribution is 6.32. The Morgan fingerprint density at radius 2 is 2.18 bits per heavy atom. The summed E-state index contributed by atoms with van der Waals surface area (Å²) in [6.45, 7) is 0.00115. The summed E-state index contributed by atoms with van der Waals surface area (Å²) >= 11 is 6.43. The monoisotopic (exact) mass is 402 g/mol. The van der Waals surface area contributed by atoms with Crippen molar-refractivity contribution in [2.24, 2.45) is 0 Å². The number of methoxy groups -OCH3 is 1. The highest BCUT2D eigenvalue weighted by Crippen LogP contribution is 2.40. The number of aromatic nitrogens is 3. The van der Waals surface area contributed by atoms with Crippen LogP contribution in [0, 0.1) is 5.82 Å². The third-order valence-corrected chi connectivity index (χ3v) is 4.75. The van der Waals surface area contributed by atoms with Crippen LogP contribution in [0.3, 0.4) is 0 Å². The van der Waals surface area contributed by atoms with Gasteiger partial charge >= 0.3 is 0 Å². The van der Waals surface area contributed by atoms with Crippen LogP contribution in [0.15, 0.2) is 42.7 Å². The van der Waals surface area contributed by atoms with Gasteiger partial charge in [-0.25, -0.2) is 9.07 Å². The van der Waals surface area contributed by atoms with Gasteiger partial charge in [-0.3, -0.25) is 10.1 Å². The summed E-state index contributed by atoms with van der Waals surface area (Å²) in [6, 6.07) is 9.39. The van der Waals surface area contributed by atoms with E-state index in [9.17, 15) is 9.18 Å². The minimum Gasteiger partial charge on any atom is -0.493 e. The zero-order valence-electron chi connectivity index (χ0n) is 14.9. The van der Waals surface area contributed by atoms with Crippen LogP contribution < -0.4 is 14.8 Å². The van der Waals surface area contributed by atoms with Crippen LogP contribution in [-0.4, -0.2) is 27.8 Å². The van der Waals surface area contributed by atoms with Gasteiger partial charge in [-0.15, -0.1) is 0 Å². The van der Waals surface area contributed by atoms with Crippen LogP contribution in [-0.2, 0) is 11.4 Å². The Morgan fingerprint density at radius 1 is 1.36 bits per heavy atom. The number of rotatable bonds is 5. The number of anilines is 1. The summed E-state index contributed by atoms with van der Waals surface area (Å²) in [6.07, 6.45) is 1.56. The van der Waals surface area contributed by atoms with E-state index in [1.165, 1.54) is 19.5 Å². The zero-order valence-corrected chi connectivity index (χ0v) is 15.6. The van der Waals surface area contributed by atoms with E-state index in [1.807, 2.05) is 0 Å². The fraction of sp³-hybridized carbons (Fsp3) is 0.211. The van der Waals surface area contributed by atoms with Crippen LogP contribution >= 0.6 is 11.6 Å². The third kappa shape index (κ3) is 3.38. The number of fused-ring (bicyclic) bond motifs is 1. The summed E-state index contributed by atoms with van der Waals surface area (Å²) in [7, 11) is 1.49. The topological polar surface area (TPSA) is 78.3 Å². The molecule has 1 amide bonds. The Hall–Kier alpha value is -3.13. The lowest BCUT2D eigenvalue weighted by Gasteiger charge is -2.24. The number of carbonyl (C=O) groups is 1. The zero-order chi connectivity index (χ0) is 19.7. The number of nitrogens with one attached hydrogen (secondary N) is 1. The van der Waals surface area contributed by atoms with E-state index in [0.29, 0.717) is 28.0 Å². The molecule has 1 aliphatic rings. The molecule has 3 aromatic rings. The lowest BCUT2D eigenvalue weighted by molar-refractivity contribution is -0.117. The van der Waals surface area contributed by atoms with Crippen molar-refractivity contribution in [3.63, 3.8) is 0 Å². The van der Waals surface area contributed by atoms with Crippen LogP contribution in [0.1, 0.15) is 23.6 Å². The van der Waals surface area contributed by atoms with Crippen LogP contribution in [0.2, 0.25) is 5.02 Å². The van der Waals surface area contributed by atoms with E-state index in [1.54, 1.807) is 35.0 Å². The standard InChI is InChI=1S/C19H16ClFN4O3/c1-27-16-7-12(15-8-17(26)24-19-22-10-23-25(15)19)6-13(20)18(16)28-9-11-4-2-3-5-14(11)21/h2-7,10,15H,8-9H2,1H3,(H,22,23,24,26)/t15-/m1/s1. The summed E-state index contributed by atoms with van der Waals surface area (Å²) in [5, 5.41) is 7.13. The maximum absolute atomic E-state index is 13.8. The number of hydrogen-bond donors (Lipinski definition) is 1. The van der Waals surface area contributed by atoms with Gasteiger partial charge in [-0.1, -0.05) is 29.8 Å². The molecule has 9 heteroatoms. The van der Waals surface area contributed by atoms with E-state index < -0.39 is 0 Å². The van der Waals surface area contributed by atoms with Crippen molar-refractivity contribution < 1.29 is 18.7 Å². The first-order valence-electron chi connectivity index (χ1n) is 8.50. The van der Waals surface area contributed by atoms with Gasteiger partial charge in [0.15, 0.2) is 11.5 Å². The normalized spacial score (nSPS) is 15.7. The maximum atomic E-state index is 13.8. The second-order valence-electron chi connectivity index (χ2n) is 6.21. The van der Waals surface area contributed by atoms with Crippen molar-refractivity contribution in [3.05, 3.63) is 64.7 Å². The number of halogens is 2. The lowest BCUT2D eigenvalue weighted by Crippen LogP contribution is -2.29. The second-order valence-corrected chi connectivity index (χ2v) is 6.62. The number of hydrogen-bond acceptors (Lipinski definition) is 5. The van der Waals surface area contributed by atoms with Crippen molar-refractivity contribution in [2.75, 3.05) is 12.4 Å². The first-order chi connectivity index (χ1) is 13.6. The minimum absolute atomic E-state index is 0.00115. The predicted molar refractivity (Wildman–Crippen MR) is 100 cm³/mol. The summed E-state index contributed by atoms with van der Waals surface area (Å²) in [5.74, 6) is 0.527. The number of carbonyl (C=O) groups excluding carboxylic acids is 1. The van der Waals surface area contributed by atoms with Gasteiger partial charge in [0.1, 0.15) is 18.8 Å². The highest BCUT2D eigenvalue weighted by Gasteiger charge is 2.29. The molecule has 1 aliphatic heterocycles. The number of ether oxygens (including phenoxy) is 2. The molecule has 4 rings (SSSR count). The van der Waals surface area contributed by atoms with E-state index >= 15 is 0 Å². The van der Waals surface area contributed by atoms with Gasteiger partial charge in [-0.2, -0.15) is 10.1 Å². The third-order valence-electron chi connectivity index (χ3n) is 4.46. The Kier molecular flexibility index (Phi) is 4.87. The smallest absolute Gasteiger partial charge is 0.229 e. The van der Waals surface area contributed by atoms with Gasteiger partial charge in [0.05, 0.1) is 24.6 Å². The quantitative estimate of drug-likeness (QED) is 0.705. The predicted octanol–water partition coefficient (Wildman–Crippen LogP) is 3.59. The first-order valence-corrected chi connectivity index (χ1v) is 8.87. The fourth-order valence-electron chi connectivity index (χ4n) is 3.10. The molecule has 0 aliphatic carbocycles. The first kappa shape index (κ1) is 18.2. The molecule has 0 fully saturated rings. The average molecular weight is 403 g/mol. The Balaban J connectivity index is 1.65. The van der Waals surface area contributed by atoms with Gasteiger partial charge in [-0.05, 0) is 23.8 Å². The molecule has 2 heterocycles. The lowest BCUT2D eigenvalue weighted by atomic mass is 10.0. The molecule has 144 valence electrons. The van der Waals surface area contributed by atoms with E-state index in [-0.39, 0.29) is 30.8 Å². The Morgan fingerprint density at radius 3 is 2.96 bits per heavy atom. The molecule has 1 N–H and O–H groups in total. The molecule has 1 atom stereocenters. The average Bonchev–Trinajstić information content (AvgIpc) is 3.15. The molecule has 7 nitrogen and oxygen atoms in total. The summed E-state index contributed by atoms with van der Waals surface area (Å²) < 4.78 is 26.6. The molecule has 0 saturated carbocycles. The Bertz CT molecular complexity index is 1040. The molecule has 0 spiro atoms. The van der Waals surface area contributed by atoms with Crippen molar-refractivity contribution in [3.8, 4) is 11.5 Å². The molecule has 2 aromatic carbocycles. The van der Waals surface area contributed by atoms with Gasteiger partial charge in [0, 0.05) is 5.56 Å². The van der Waals surface area contributed by atoms with E-state index in [2.05, 4.69) is 15.4 Å². The maximum Gasteiger partial charge on any atom is 0.229 e. The Labute approximate surface area is 165 Å². The second kappa shape index (κ2) is 7.47. The van der Waals surface area contributed by atoms with E-state index in [4.69, 9.17) is 21.1 Å². The van der Waals surface area contributed by atoms with Crippen molar-refractivity contribution in [1.82, 2.24) is 14.8 Å². The van der Waals surface area contributed by atoms with Crippen LogP contribution in [0.25, 0.3) is 0 Å². The minimum atomic E-state index is -0.377. The summed E-state index contributed by atoms with van der Waals surface area (Å²) in [4.78, 5) is 16.0. The van der Waals surface area contributed by atoms with Gasteiger partial charge in [0.25, 0.3) is 0 Å². The van der Waals surface area contributed by atoms with Gasteiger partial charge < -0.3 is 9.47 Å². The molecule has 1 aromatic heterocycles. The molecule has 0 bridgehead atoms. The number of nitrogens with zero attached hydrogens (tertiary/aromatic N) is 3. The van der Waals surface area contributed by atoms with Gasteiger partial charge in [0.2, 0.25) is 11.9 Å². The van der Waals surface area contributed by atoms with Crippen molar-refractivity contribution >= 4 is 23.5 Å². The van der Waals surface area contributed by atoms with E-state index in [0.717, 1.165) is 5.56 Å². The number of benzene rings is 2.